The molecule has 0 radical (unpaired) electrons. The van der Waals surface area contributed by atoms with Gasteiger partial charge in [0.05, 0.1) is 111 Å². The minimum Gasteiger partial charge on any atom is -0.870 e. The van der Waals surface area contributed by atoms with E-state index in [0.29, 0.717) is 0 Å². The van der Waals surface area contributed by atoms with Gasteiger partial charge in [0.1, 0.15) is 0 Å². The molecule has 8 nitrogen and oxygen atoms in total. The van der Waals surface area contributed by atoms with E-state index in [1.165, 1.54) is 51.9 Å². The Kier molecular flexibility index (Phi) is 44.8. The van der Waals surface area contributed by atoms with Gasteiger partial charge in [-0.2, -0.15) is 0 Å². The van der Waals surface area contributed by atoms with Crippen LogP contribution >= 0.6 is 0 Å². The molecule has 208 valence electrons. The molecule has 0 aromatic heterocycles. The Balaban J connectivity index is -0.0000000384. The van der Waals surface area contributed by atoms with Crippen molar-refractivity contribution in [2.75, 3.05) is 111 Å². The molecule has 32 heavy (non-hydrogen) atoms. The largest absolute Gasteiger partial charge is 0.870 e. The molecule has 0 heterocycles. The van der Waals surface area contributed by atoms with Crippen molar-refractivity contribution in [3.05, 3.63) is 0 Å². The normalized spacial score (nSPS) is 10.5. The third-order valence-corrected chi connectivity index (χ3v) is 3.58. The average Bonchev–Trinajstić information content (AvgIpc) is 2.34. The third kappa shape index (κ3) is 99.3. The maximum Gasteiger partial charge on any atom is 0.0777 e. The van der Waals surface area contributed by atoms with E-state index in [0.717, 1.165) is 17.9 Å². The highest BCUT2D eigenvalue weighted by atomic mass is 16.0. The highest BCUT2D eigenvalue weighted by Gasteiger charge is 2.03. The quantitative estimate of drug-likeness (QED) is 0.496. The molecule has 0 rings (SSSR count). The summed E-state index contributed by atoms with van der Waals surface area (Å²) in [7, 11) is 26.5. The lowest BCUT2D eigenvalue weighted by Crippen LogP contribution is -2.34. The molecule has 0 aliphatic heterocycles. The molecule has 0 aliphatic rings. The van der Waals surface area contributed by atoms with E-state index >= 15 is 0 Å². The molecule has 0 aromatic carbocycles. The summed E-state index contributed by atoms with van der Waals surface area (Å²) in [6.07, 6.45) is 5.12. The van der Waals surface area contributed by atoms with E-state index < -0.39 is 0 Å². The molecule has 0 unspecified atom stereocenters. The van der Waals surface area contributed by atoms with Crippen molar-refractivity contribution in [1.29, 1.82) is 0 Å². The van der Waals surface area contributed by atoms with Crippen LogP contribution in [0, 0.1) is 0 Å². The standard InChI is InChI=1S/4C6H16N.4H2O/c4*1-5-6-7(2,3)4;;;;/h4*5-6H2,1-4H3;4*1H2/q4*+1;;;;/p-4. The Morgan fingerprint density at radius 2 is 0.375 bits per heavy atom. The van der Waals surface area contributed by atoms with Crippen LogP contribution in [0.3, 0.4) is 0 Å². The van der Waals surface area contributed by atoms with Crippen LogP contribution in [0.4, 0.5) is 0 Å². The van der Waals surface area contributed by atoms with Gasteiger partial charge in [0.15, 0.2) is 0 Å². The van der Waals surface area contributed by atoms with Gasteiger partial charge in [-0.15, -0.1) is 0 Å². The van der Waals surface area contributed by atoms with Crippen molar-refractivity contribution in [3.8, 4) is 0 Å². The number of hydrogen-bond acceptors (Lipinski definition) is 4. The van der Waals surface area contributed by atoms with Gasteiger partial charge >= 0.3 is 0 Å². The van der Waals surface area contributed by atoms with Crippen molar-refractivity contribution in [1.82, 2.24) is 0 Å². The molecule has 0 spiro atoms. The second kappa shape index (κ2) is 26.9. The summed E-state index contributed by atoms with van der Waals surface area (Å²) >= 11 is 0. The van der Waals surface area contributed by atoms with Crippen molar-refractivity contribution >= 4 is 0 Å². The molecule has 0 amide bonds. The van der Waals surface area contributed by atoms with Gasteiger partial charge < -0.3 is 39.8 Å². The van der Waals surface area contributed by atoms with Crippen LogP contribution in [0.15, 0.2) is 0 Å². The smallest absolute Gasteiger partial charge is 0.0777 e. The second-order valence-corrected chi connectivity index (χ2v) is 12.1. The van der Waals surface area contributed by atoms with Gasteiger partial charge in [0.25, 0.3) is 0 Å². The molecule has 0 saturated heterocycles. The second-order valence-electron chi connectivity index (χ2n) is 12.1. The zero-order chi connectivity index (χ0) is 23.7. The Morgan fingerprint density at radius 1 is 0.281 bits per heavy atom. The molecular weight excluding hydrogens is 408 g/mol. The number of hydrogen-bond donors (Lipinski definition) is 0. The summed E-state index contributed by atoms with van der Waals surface area (Å²) in [5, 5.41) is 0. The Bertz CT molecular complexity index is 252. The van der Waals surface area contributed by atoms with Gasteiger partial charge in [-0.25, -0.2) is 0 Å². The lowest BCUT2D eigenvalue weighted by Gasteiger charge is -2.22. The lowest BCUT2D eigenvalue weighted by atomic mass is 10.4. The first-order valence-electron chi connectivity index (χ1n) is 11.5. The van der Waals surface area contributed by atoms with E-state index in [9.17, 15) is 0 Å². The van der Waals surface area contributed by atoms with Gasteiger partial charge in [-0.3, -0.25) is 0 Å². The third-order valence-electron chi connectivity index (χ3n) is 3.58. The van der Waals surface area contributed by atoms with E-state index in [2.05, 4.69) is 112 Å². The summed E-state index contributed by atoms with van der Waals surface area (Å²) in [6, 6.07) is 0. The highest BCUT2D eigenvalue weighted by molar-refractivity contribution is 4.22. The Morgan fingerprint density at radius 3 is 0.375 bits per heavy atom. The SMILES string of the molecule is CCC[N+](C)(C)C.CCC[N+](C)(C)C.CCC[N+](C)(C)C.CCC[N+](C)(C)C.[OH-].[OH-].[OH-].[OH-]. The number of nitrogens with zero attached hydrogens (tertiary/aromatic N) is 4. The summed E-state index contributed by atoms with van der Waals surface area (Å²) in [5.74, 6) is 0. The van der Waals surface area contributed by atoms with Crippen molar-refractivity contribution < 1.29 is 39.8 Å². The fourth-order valence-electron chi connectivity index (χ4n) is 2.68. The van der Waals surface area contributed by atoms with Gasteiger partial charge in [-0.1, -0.05) is 27.7 Å². The molecule has 0 saturated carbocycles. The zero-order valence-electron chi connectivity index (χ0n) is 25.2. The first-order valence-corrected chi connectivity index (χ1v) is 11.5. The predicted octanol–water partition coefficient (Wildman–Crippen LogP) is 3.70. The number of rotatable bonds is 8. The maximum absolute atomic E-state index is 2.21. The fraction of sp³-hybridized carbons (Fsp3) is 1.00. The molecule has 4 N–H and O–H groups in total. The summed E-state index contributed by atoms with van der Waals surface area (Å²) in [6.45, 7) is 14.0. The first-order chi connectivity index (χ1) is 12.2. The van der Waals surface area contributed by atoms with Crippen molar-refractivity contribution in [3.63, 3.8) is 0 Å². The Labute approximate surface area is 204 Å². The first kappa shape index (κ1) is 53.2. The van der Waals surface area contributed by atoms with Gasteiger partial charge in [-0.05, 0) is 25.7 Å². The molecule has 0 aromatic rings. The van der Waals surface area contributed by atoms with Crippen LogP contribution < -0.4 is 0 Å². The maximum atomic E-state index is 2.21. The minimum atomic E-state index is 0. The van der Waals surface area contributed by atoms with E-state index in [1.54, 1.807) is 0 Å². The van der Waals surface area contributed by atoms with Crippen LogP contribution in [0.25, 0.3) is 0 Å². The lowest BCUT2D eigenvalue weighted by molar-refractivity contribution is -0.870. The monoisotopic (exact) mass is 477 g/mol. The minimum absolute atomic E-state index is 0. The van der Waals surface area contributed by atoms with Crippen LogP contribution in [0.1, 0.15) is 53.4 Å². The topological polar surface area (TPSA) is 120 Å². The number of quaternary nitrogens is 4. The summed E-state index contributed by atoms with van der Waals surface area (Å²) in [4.78, 5) is 0. The van der Waals surface area contributed by atoms with Crippen molar-refractivity contribution in [2.24, 2.45) is 0 Å². The molecule has 0 aliphatic carbocycles. The average molecular weight is 477 g/mol. The molecule has 0 fully saturated rings. The van der Waals surface area contributed by atoms with Gasteiger partial charge in [0.2, 0.25) is 0 Å². The summed E-state index contributed by atoms with van der Waals surface area (Å²) in [5.41, 5.74) is 0. The van der Waals surface area contributed by atoms with E-state index in [1.807, 2.05) is 0 Å². The van der Waals surface area contributed by atoms with Crippen molar-refractivity contribution in [2.45, 2.75) is 53.4 Å². The molecule has 0 atom stereocenters. The van der Waals surface area contributed by atoms with Crippen LogP contribution in [0.2, 0.25) is 0 Å². The van der Waals surface area contributed by atoms with Gasteiger partial charge in [0, 0.05) is 0 Å². The predicted molar refractivity (Wildman–Crippen MR) is 141 cm³/mol. The van der Waals surface area contributed by atoms with Crippen LogP contribution in [-0.2, 0) is 0 Å². The fourth-order valence-corrected chi connectivity index (χ4v) is 2.68. The molecule has 8 heteroatoms. The zero-order valence-corrected chi connectivity index (χ0v) is 25.2. The highest BCUT2D eigenvalue weighted by Crippen LogP contribution is 1.92. The molecule has 0 bridgehead atoms. The van der Waals surface area contributed by atoms with Crippen LogP contribution in [-0.4, -0.2) is 151 Å². The summed E-state index contributed by atoms with van der Waals surface area (Å²) < 4.78 is 4.38. The molecular formula is C24H68N4O4. The van der Waals surface area contributed by atoms with E-state index in [-0.39, 0.29) is 21.9 Å². The van der Waals surface area contributed by atoms with Crippen LogP contribution in [0.5, 0.6) is 0 Å². The van der Waals surface area contributed by atoms with E-state index in [4.69, 9.17) is 0 Å². The Hall–Kier alpha value is -0.320.